The minimum absolute atomic E-state index is 0.00621. The molecule has 1 amide bonds. The summed E-state index contributed by atoms with van der Waals surface area (Å²) in [5.74, 6) is -0.616. The van der Waals surface area contributed by atoms with Gasteiger partial charge in [-0.15, -0.1) is 11.3 Å². The van der Waals surface area contributed by atoms with Gasteiger partial charge in [0.15, 0.2) is 0 Å². The number of carbonyl (C=O) groups is 2. The molecule has 0 spiro atoms. The van der Waals surface area contributed by atoms with Crippen LogP contribution < -0.4 is 4.90 Å². The molecule has 0 aliphatic heterocycles. The van der Waals surface area contributed by atoms with Crippen molar-refractivity contribution in [2.24, 2.45) is 0 Å². The fourth-order valence-corrected chi connectivity index (χ4v) is 2.83. The third-order valence-electron chi connectivity index (χ3n) is 2.82. The number of nitrogens with zero attached hydrogens (tertiary/aromatic N) is 2. The summed E-state index contributed by atoms with van der Waals surface area (Å²) < 4.78 is 4.80. The second-order valence-electron chi connectivity index (χ2n) is 4.49. The number of rotatable bonds is 8. The number of anilines is 1. The van der Waals surface area contributed by atoms with E-state index in [1.54, 1.807) is 6.92 Å². The zero-order valence-electron chi connectivity index (χ0n) is 12.4. The molecule has 0 aromatic carbocycles. The zero-order valence-corrected chi connectivity index (χ0v) is 13.2. The zero-order chi connectivity index (χ0) is 15.7. The number of aryl methyl sites for hydroxylation is 1. The molecular weight excluding hydrogens is 288 g/mol. The first-order valence-corrected chi connectivity index (χ1v) is 7.90. The van der Waals surface area contributed by atoms with Gasteiger partial charge in [-0.1, -0.05) is 13.3 Å². The Morgan fingerprint density at radius 3 is 2.76 bits per heavy atom. The van der Waals surface area contributed by atoms with Crippen molar-refractivity contribution in [1.29, 1.82) is 5.26 Å². The first kappa shape index (κ1) is 17.2. The average molecular weight is 308 g/mol. The third kappa shape index (κ3) is 5.56. The normalized spacial score (nSPS) is 9.95. The molecule has 6 heteroatoms. The maximum Gasteiger partial charge on any atom is 0.306 e. The third-order valence-corrected chi connectivity index (χ3v) is 3.82. The lowest BCUT2D eigenvalue weighted by atomic mass is 10.2. The van der Waals surface area contributed by atoms with Crippen LogP contribution in [0, 0.1) is 11.3 Å². The summed E-state index contributed by atoms with van der Waals surface area (Å²) in [5, 5.41) is 11.6. The van der Waals surface area contributed by atoms with Crippen molar-refractivity contribution < 1.29 is 14.3 Å². The van der Waals surface area contributed by atoms with Gasteiger partial charge in [-0.25, -0.2) is 0 Å². The van der Waals surface area contributed by atoms with E-state index in [1.165, 1.54) is 21.8 Å². The van der Waals surface area contributed by atoms with Crippen LogP contribution in [0.5, 0.6) is 0 Å². The molecule has 5 nitrogen and oxygen atoms in total. The van der Waals surface area contributed by atoms with Gasteiger partial charge in [0, 0.05) is 6.42 Å². The van der Waals surface area contributed by atoms with Crippen LogP contribution in [0.25, 0.3) is 0 Å². The van der Waals surface area contributed by atoms with Gasteiger partial charge >= 0.3 is 5.97 Å². The molecule has 0 aliphatic rings. The average Bonchev–Trinajstić information content (AvgIpc) is 2.91. The van der Waals surface area contributed by atoms with Gasteiger partial charge in [0.25, 0.3) is 0 Å². The molecule has 21 heavy (non-hydrogen) atoms. The molecule has 1 aromatic rings. The van der Waals surface area contributed by atoms with E-state index in [-0.39, 0.29) is 31.3 Å². The fraction of sp³-hybridized carbons (Fsp3) is 0.533. The smallest absolute Gasteiger partial charge is 0.306 e. The summed E-state index contributed by atoms with van der Waals surface area (Å²) >= 11 is 1.45. The summed E-state index contributed by atoms with van der Waals surface area (Å²) in [6.45, 7) is 4.12. The number of carbonyl (C=O) groups excluding carboxylic acids is 2. The maximum atomic E-state index is 12.2. The van der Waals surface area contributed by atoms with Crippen LogP contribution >= 0.6 is 11.3 Å². The molecule has 0 radical (unpaired) electrons. The van der Waals surface area contributed by atoms with Crippen LogP contribution in [0.4, 0.5) is 5.00 Å². The molecule has 0 saturated carbocycles. The Balaban J connectivity index is 2.69. The number of nitriles is 1. The molecule has 1 aromatic heterocycles. The lowest BCUT2D eigenvalue weighted by molar-refractivity contribution is -0.144. The van der Waals surface area contributed by atoms with E-state index in [1.807, 2.05) is 17.5 Å². The molecule has 0 aliphatic carbocycles. The van der Waals surface area contributed by atoms with Gasteiger partial charge in [-0.3, -0.25) is 14.5 Å². The van der Waals surface area contributed by atoms with Gasteiger partial charge < -0.3 is 4.74 Å². The van der Waals surface area contributed by atoms with E-state index >= 15 is 0 Å². The Kier molecular flexibility index (Phi) is 7.48. The first-order valence-electron chi connectivity index (χ1n) is 7.02. The monoisotopic (exact) mass is 308 g/mol. The molecule has 0 atom stereocenters. The Morgan fingerprint density at radius 2 is 2.14 bits per heavy atom. The standard InChI is InChI=1S/C15H20N2O3S/c1-3-5-12-10-14(21-11-12)17(9-8-16)13(18)6-7-15(19)20-4-2/h10-11H,3-7,9H2,1-2H3. The summed E-state index contributed by atoms with van der Waals surface area (Å²) in [4.78, 5) is 24.9. The van der Waals surface area contributed by atoms with Crippen molar-refractivity contribution in [2.45, 2.75) is 39.5 Å². The summed E-state index contributed by atoms with van der Waals surface area (Å²) in [5.41, 5.74) is 1.17. The number of thiophene rings is 1. The molecule has 0 bridgehead atoms. The molecule has 114 valence electrons. The van der Waals surface area contributed by atoms with Crippen molar-refractivity contribution in [3.8, 4) is 6.07 Å². The number of hydrogen-bond donors (Lipinski definition) is 0. The fourth-order valence-electron chi connectivity index (χ4n) is 1.86. The van der Waals surface area contributed by atoms with Crippen molar-refractivity contribution >= 4 is 28.2 Å². The minimum atomic E-state index is -0.388. The molecular formula is C15H20N2O3S. The highest BCUT2D eigenvalue weighted by Gasteiger charge is 2.18. The highest BCUT2D eigenvalue weighted by molar-refractivity contribution is 7.14. The predicted octanol–water partition coefficient (Wildman–Crippen LogP) is 2.90. The summed E-state index contributed by atoms with van der Waals surface area (Å²) in [6.07, 6.45) is 2.09. The van der Waals surface area contributed by atoms with E-state index in [0.717, 1.165) is 17.8 Å². The van der Waals surface area contributed by atoms with E-state index in [9.17, 15) is 9.59 Å². The van der Waals surface area contributed by atoms with Crippen LogP contribution in [0.15, 0.2) is 11.4 Å². The Hall–Kier alpha value is -1.87. The number of amides is 1. The molecule has 0 unspecified atom stereocenters. The number of ether oxygens (including phenoxy) is 1. The van der Waals surface area contributed by atoms with Crippen molar-refractivity contribution in [1.82, 2.24) is 0 Å². The second-order valence-corrected chi connectivity index (χ2v) is 5.38. The topological polar surface area (TPSA) is 70.4 Å². The number of esters is 1. The lowest BCUT2D eigenvalue weighted by Crippen LogP contribution is -2.31. The van der Waals surface area contributed by atoms with Crippen molar-refractivity contribution in [3.05, 3.63) is 17.0 Å². The van der Waals surface area contributed by atoms with E-state index in [0.29, 0.717) is 6.61 Å². The molecule has 1 heterocycles. The largest absolute Gasteiger partial charge is 0.466 e. The van der Waals surface area contributed by atoms with Crippen LogP contribution in [0.1, 0.15) is 38.7 Å². The minimum Gasteiger partial charge on any atom is -0.466 e. The van der Waals surface area contributed by atoms with Gasteiger partial charge in [0.2, 0.25) is 5.91 Å². The molecule has 0 fully saturated rings. The van der Waals surface area contributed by atoms with E-state index < -0.39 is 0 Å². The van der Waals surface area contributed by atoms with Gasteiger partial charge in [0.05, 0.1) is 24.1 Å². The first-order chi connectivity index (χ1) is 10.1. The Labute approximate surface area is 129 Å². The van der Waals surface area contributed by atoms with E-state index in [2.05, 4.69) is 6.92 Å². The highest BCUT2D eigenvalue weighted by atomic mass is 32.1. The molecule has 1 rings (SSSR count). The Bertz CT molecular complexity index is 519. The summed E-state index contributed by atoms with van der Waals surface area (Å²) in [6, 6.07) is 3.94. The second kappa shape index (κ2) is 9.14. The Morgan fingerprint density at radius 1 is 1.38 bits per heavy atom. The number of hydrogen-bond acceptors (Lipinski definition) is 5. The quantitative estimate of drug-likeness (QED) is 0.547. The van der Waals surface area contributed by atoms with Crippen LogP contribution in [-0.2, 0) is 20.7 Å². The SMILES string of the molecule is CCCc1csc(N(CC#N)C(=O)CCC(=O)OCC)c1. The van der Waals surface area contributed by atoms with Crippen LogP contribution in [-0.4, -0.2) is 25.0 Å². The van der Waals surface area contributed by atoms with Crippen molar-refractivity contribution in [3.63, 3.8) is 0 Å². The highest BCUT2D eigenvalue weighted by Crippen LogP contribution is 2.26. The molecule has 0 saturated heterocycles. The summed E-state index contributed by atoms with van der Waals surface area (Å²) in [7, 11) is 0. The maximum absolute atomic E-state index is 12.2. The van der Waals surface area contributed by atoms with Gasteiger partial charge in [0.1, 0.15) is 6.54 Å². The van der Waals surface area contributed by atoms with Crippen LogP contribution in [0.2, 0.25) is 0 Å². The molecule has 0 N–H and O–H groups in total. The van der Waals surface area contributed by atoms with Crippen molar-refractivity contribution in [2.75, 3.05) is 18.1 Å². The van der Waals surface area contributed by atoms with Gasteiger partial charge in [-0.2, -0.15) is 5.26 Å². The van der Waals surface area contributed by atoms with E-state index in [4.69, 9.17) is 10.00 Å². The lowest BCUT2D eigenvalue weighted by Gasteiger charge is -2.17. The predicted molar refractivity (Wildman–Crippen MR) is 82.1 cm³/mol. The van der Waals surface area contributed by atoms with Gasteiger partial charge in [-0.05, 0) is 30.4 Å². The van der Waals surface area contributed by atoms with Crippen LogP contribution in [0.3, 0.4) is 0 Å².